The van der Waals surface area contributed by atoms with Crippen molar-refractivity contribution in [3.8, 4) is 5.75 Å². The monoisotopic (exact) mass is 307 g/mol. The lowest BCUT2D eigenvalue weighted by Crippen LogP contribution is -2.11. The summed E-state index contributed by atoms with van der Waals surface area (Å²) in [6.45, 7) is 0. The van der Waals surface area contributed by atoms with E-state index in [0.29, 0.717) is 4.34 Å². The van der Waals surface area contributed by atoms with Crippen molar-refractivity contribution >= 4 is 38.6 Å². The second-order valence-electron chi connectivity index (χ2n) is 3.33. The van der Waals surface area contributed by atoms with Crippen molar-refractivity contribution in [3.63, 3.8) is 0 Å². The first kappa shape index (κ1) is 13.1. The summed E-state index contributed by atoms with van der Waals surface area (Å²) in [6, 6.07) is 6.02. The van der Waals surface area contributed by atoms with Gasteiger partial charge < -0.3 is 5.11 Å². The number of hydrogen-bond donors (Lipinski definition) is 2. The Kier molecular flexibility index (Phi) is 3.47. The number of hydrogen-bond acceptors (Lipinski definition) is 4. The maximum Gasteiger partial charge on any atom is 0.271 e. The zero-order chi connectivity index (χ0) is 13.3. The number of phenols is 1. The van der Waals surface area contributed by atoms with E-state index < -0.39 is 21.6 Å². The van der Waals surface area contributed by atoms with E-state index >= 15 is 0 Å². The van der Waals surface area contributed by atoms with Crippen molar-refractivity contribution in [2.45, 2.75) is 4.21 Å². The fraction of sp³-hybridized carbons (Fsp3) is 0. The van der Waals surface area contributed by atoms with Crippen molar-refractivity contribution in [1.82, 2.24) is 0 Å². The molecule has 0 amide bonds. The lowest BCUT2D eigenvalue weighted by Gasteiger charge is -2.06. The van der Waals surface area contributed by atoms with Gasteiger partial charge in [0.25, 0.3) is 10.0 Å². The summed E-state index contributed by atoms with van der Waals surface area (Å²) in [5, 5.41) is 8.99. The molecule has 0 fully saturated rings. The van der Waals surface area contributed by atoms with Crippen LogP contribution in [-0.2, 0) is 10.0 Å². The summed E-state index contributed by atoms with van der Waals surface area (Å²) in [7, 11) is -3.79. The topological polar surface area (TPSA) is 66.4 Å². The standard InChI is InChI=1S/C10H7ClFNO3S2/c11-9-3-4-10(17-9)18(15,16)13-6-1-2-8(14)7(12)5-6/h1-5,13-14H. The minimum Gasteiger partial charge on any atom is -0.505 e. The van der Waals surface area contributed by atoms with Gasteiger partial charge in [0.15, 0.2) is 11.6 Å². The highest BCUT2D eigenvalue weighted by atomic mass is 35.5. The molecule has 8 heteroatoms. The van der Waals surface area contributed by atoms with Crippen molar-refractivity contribution in [1.29, 1.82) is 0 Å². The van der Waals surface area contributed by atoms with Gasteiger partial charge in [-0.3, -0.25) is 4.72 Å². The van der Waals surface area contributed by atoms with E-state index in [2.05, 4.69) is 4.72 Å². The Morgan fingerprint density at radius 3 is 2.56 bits per heavy atom. The van der Waals surface area contributed by atoms with E-state index in [0.717, 1.165) is 23.5 Å². The highest BCUT2D eigenvalue weighted by Gasteiger charge is 2.17. The first-order valence-corrected chi connectivity index (χ1v) is 7.33. The molecule has 1 aromatic carbocycles. The van der Waals surface area contributed by atoms with Gasteiger partial charge in [0.2, 0.25) is 0 Å². The van der Waals surface area contributed by atoms with E-state index in [1.807, 2.05) is 0 Å². The first-order chi connectivity index (χ1) is 8.38. The molecule has 0 aliphatic carbocycles. The lowest BCUT2D eigenvalue weighted by molar-refractivity contribution is 0.432. The van der Waals surface area contributed by atoms with Gasteiger partial charge in [-0.05, 0) is 24.3 Å². The minimum atomic E-state index is -3.79. The number of sulfonamides is 1. The zero-order valence-corrected chi connectivity index (χ0v) is 11.1. The molecule has 96 valence electrons. The molecule has 2 aromatic rings. The third kappa shape index (κ3) is 2.74. The molecule has 1 heterocycles. The predicted molar refractivity (Wildman–Crippen MR) is 68.2 cm³/mol. The van der Waals surface area contributed by atoms with Crippen LogP contribution in [0.25, 0.3) is 0 Å². The molecular weight excluding hydrogens is 301 g/mol. The third-order valence-corrected chi connectivity index (χ3v) is 5.12. The summed E-state index contributed by atoms with van der Waals surface area (Å²) in [5.41, 5.74) is 0.0230. The summed E-state index contributed by atoms with van der Waals surface area (Å²) in [4.78, 5) is 0. The smallest absolute Gasteiger partial charge is 0.271 e. The van der Waals surface area contributed by atoms with Gasteiger partial charge >= 0.3 is 0 Å². The highest BCUT2D eigenvalue weighted by Crippen LogP contribution is 2.28. The van der Waals surface area contributed by atoms with Gasteiger partial charge in [-0.15, -0.1) is 11.3 Å². The molecule has 0 saturated carbocycles. The summed E-state index contributed by atoms with van der Waals surface area (Å²) < 4.78 is 39.3. The zero-order valence-electron chi connectivity index (χ0n) is 8.72. The summed E-state index contributed by atoms with van der Waals surface area (Å²) in [5.74, 6) is -1.45. The van der Waals surface area contributed by atoms with E-state index in [1.54, 1.807) is 0 Å². The van der Waals surface area contributed by atoms with E-state index in [4.69, 9.17) is 16.7 Å². The van der Waals surface area contributed by atoms with Crippen LogP contribution in [0.2, 0.25) is 4.34 Å². The second kappa shape index (κ2) is 4.75. The molecule has 18 heavy (non-hydrogen) atoms. The molecule has 0 atom stereocenters. The average molecular weight is 308 g/mol. The van der Waals surface area contributed by atoms with Gasteiger partial charge in [-0.2, -0.15) is 0 Å². The van der Waals surface area contributed by atoms with Gasteiger partial charge in [0, 0.05) is 6.07 Å². The number of nitrogens with one attached hydrogen (secondary N) is 1. The molecule has 2 N–H and O–H groups in total. The average Bonchev–Trinajstić information content (AvgIpc) is 2.71. The normalized spacial score (nSPS) is 11.4. The third-order valence-electron chi connectivity index (χ3n) is 2.01. The van der Waals surface area contributed by atoms with Gasteiger partial charge in [-0.1, -0.05) is 11.6 Å². The molecule has 0 aliphatic rings. The fourth-order valence-corrected chi connectivity index (χ4v) is 3.75. The van der Waals surface area contributed by atoms with Crippen molar-refractivity contribution in [3.05, 3.63) is 40.5 Å². The van der Waals surface area contributed by atoms with Crippen molar-refractivity contribution in [2.24, 2.45) is 0 Å². The summed E-state index contributed by atoms with van der Waals surface area (Å²) >= 11 is 6.54. The molecule has 0 spiro atoms. The van der Waals surface area contributed by atoms with E-state index in [1.165, 1.54) is 18.2 Å². The van der Waals surface area contributed by atoms with Crippen LogP contribution in [-0.4, -0.2) is 13.5 Å². The molecule has 0 unspecified atom stereocenters. The Morgan fingerprint density at radius 1 is 1.28 bits per heavy atom. The predicted octanol–water partition coefficient (Wildman–Crippen LogP) is 3.05. The number of anilines is 1. The van der Waals surface area contributed by atoms with Crippen LogP contribution in [0.3, 0.4) is 0 Å². The maximum absolute atomic E-state index is 13.1. The van der Waals surface area contributed by atoms with Crippen LogP contribution in [0.5, 0.6) is 5.75 Å². The van der Waals surface area contributed by atoms with Gasteiger partial charge in [0.05, 0.1) is 10.0 Å². The number of halogens is 2. The molecule has 0 radical (unpaired) electrons. The number of rotatable bonds is 3. The van der Waals surface area contributed by atoms with E-state index in [-0.39, 0.29) is 9.90 Å². The molecule has 4 nitrogen and oxygen atoms in total. The fourth-order valence-electron chi connectivity index (χ4n) is 1.22. The Bertz CT molecular complexity index is 684. The first-order valence-electron chi connectivity index (χ1n) is 4.65. The quantitative estimate of drug-likeness (QED) is 0.857. The molecular formula is C10H7ClFNO3S2. The highest BCUT2D eigenvalue weighted by molar-refractivity contribution is 7.94. The molecule has 0 aliphatic heterocycles. The largest absolute Gasteiger partial charge is 0.505 e. The SMILES string of the molecule is O=S(=O)(Nc1ccc(O)c(F)c1)c1ccc(Cl)s1. The van der Waals surface area contributed by atoms with Crippen LogP contribution in [0.4, 0.5) is 10.1 Å². The summed E-state index contributed by atoms with van der Waals surface area (Å²) in [6.07, 6.45) is 0. The lowest BCUT2D eigenvalue weighted by atomic mass is 10.3. The molecule has 1 aromatic heterocycles. The van der Waals surface area contributed by atoms with Crippen LogP contribution >= 0.6 is 22.9 Å². The van der Waals surface area contributed by atoms with Crippen LogP contribution in [0.1, 0.15) is 0 Å². The van der Waals surface area contributed by atoms with Crippen LogP contribution in [0, 0.1) is 5.82 Å². The Hall–Kier alpha value is -1.31. The van der Waals surface area contributed by atoms with Crippen molar-refractivity contribution < 1.29 is 17.9 Å². The maximum atomic E-state index is 13.1. The number of phenolic OH excluding ortho intramolecular Hbond substituents is 1. The van der Waals surface area contributed by atoms with Crippen LogP contribution in [0.15, 0.2) is 34.5 Å². The second-order valence-corrected chi connectivity index (χ2v) is 6.95. The van der Waals surface area contributed by atoms with Crippen LogP contribution < -0.4 is 4.72 Å². The van der Waals surface area contributed by atoms with E-state index in [9.17, 15) is 12.8 Å². The molecule has 2 rings (SSSR count). The number of thiophene rings is 1. The number of benzene rings is 1. The Morgan fingerprint density at radius 2 is 2.00 bits per heavy atom. The number of aromatic hydroxyl groups is 1. The van der Waals surface area contributed by atoms with Crippen molar-refractivity contribution in [2.75, 3.05) is 4.72 Å². The Labute approximate surface area is 112 Å². The Balaban J connectivity index is 2.30. The van der Waals surface area contributed by atoms with Gasteiger partial charge in [-0.25, -0.2) is 12.8 Å². The van der Waals surface area contributed by atoms with Gasteiger partial charge in [0.1, 0.15) is 4.21 Å². The molecule has 0 saturated heterocycles. The molecule has 0 bridgehead atoms. The minimum absolute atomic E-state index is 0.0230.